The van der Waals surface area contributed by atoms with Gasteiger partial charge in [-0.1, -0.05) is 29.8 Å². The van der Waals surface area contributed by atoms with Crippen LogP contribution in [-0.4, -0.2) is 20.9 Å². The van der Waals surface area contributed by atoms with E-state index in [0.717, 1.165) is 11.3 Å². The molecule has 0 aliphatic carbocycles. The number of rotatable bonds is 5. The third kappa shape index (κ3) is 3.96. The number of aryl methyl sites for hydroxylation is 1. The van der Waals surface area contributed by atoms with Gasteiger partial charge >= 0.3 is 0 Å². The number of halogens is 1. The number of sulfonamides is 1. The Bertz CT molecular complexity index is 912. The van der Waals surface area contributed by atoms with E-state index in [0.29, 0.717) is 35.7 Å². The highest BCUT2D eigenvalue weighted by Gasteiger charge is 2.23. The number of benzene rings is 2. The summed E-state index contributed by atoms with van der Waals surface area (Å²) in [7, 11) is -3.58. The fourth-order valence-electron chi connectivity index (χ4n) is 3.01. The summed E-state index contributed by atoms with van der Waals surface area (Å²) in [5.41, 5.74) is 2.88. The summed E-state index contributed by atoms with van der Waals surface area (Å²) < 4.78 is 27.5. The Hall–Kier alpha value is -2.05. The first-order chi connectivity index (χ1) is 11.9. The van der Waals surface area contributed by atoms with Crippen LogP contribution in [0.3, 0.4) is 0 Å². The van der Waals surface area contributed by atoms with Crippen molar-refractivity contribution in [3.8, 4) is 0 Å². The second-order valence-electron chi connectivity index (χ2n) is 5.93. The van der Waals surface area contributed by atoms with Gasteiger partial charge in [-0.25, -0.2) is 8.42 Å². The number of hydrogen-bond donors (Lipinski definition) is 1. The maximum atomic E-state index is 12.4. The van der Waals surface area contributed by atoms with Crippen LogP contribution in [0.2, 0.25) is 5.02 Å². The highest BCUT2D eigenvalue weighted by atomic mass is 35.5. The van der Waals surface area contributed by atoms with Crippen LogP contribution in [-0.2, 0) is 27.0 Å². The van der Waals surface area contributed by atoms with Gasteiger partial charge in [0.1, 0.15) is 0 Å². The minimum absolute atomic E-state index is 0.0991. The van der Waals surface area contributed by atoms with Gasteiger partial charge in [0.2, 0.25) is 15.9 Å². The van der Waals surface area contributed by atoms with Gasteiger partial charge in [0.25, 0.3) is 0 Å². The average Bonchev–Trinajstić information content (AvgIpc) is 2.56. The molecule has 0 aromatic heterocycles. The Labute approximate surface area is 152 Å². The first-order valence-corrected chi connectivity index (χ1v) is 10.1. The highest BCUT2D eigenvalue weighted by Crippen LogP contribution is 2.30. The van der Waals surface area contributed by atoms with Crippen LogP contribution in [0.15, 0.2) is 42.5 Å². The van der Waals surface area contributed by atoms with Gasteiger partial charge in [0, 0.05) is 29.4 Å². The Balaban J connectivity index is 1.81. The zero-order valence-electron chi connectivity index (χ0n) is 13.8. The van der Waals surface area contributed by atoms with Gasteiger partial charge in [0.05, 0.1) is 5.75 Å². The third-order valence-electron chi connectivity index (χ3n) is 4.17. The number of fused-ring (bicyclic) bond motifs is 1. The molecule has 2 aromatic rings. The van der Waals surface area contributed by atoms with Gasteiger partial charge < -0.3 is 4.90 Å². The van der Waals surface area contributed by atoms with Gasteiger partial charge in [-0.3, -0.25) is 9.52 Å². The Morgan fingerprint density at radius 3 is 2.64 bits per heavy atom. The van der Waals surface area contributed by atoms with Crippen molar-refractivity contribution in [1.29, 1.82) is 0 Å². The molecule has 0 spiro atoms. The number of amides is 1. The van der Waals surface area contributed by atoms with E-state index in [4.69, 9.17) is 11.6 Å². The van der Waals surface area contributed by atoms with Crippen LogP contribution in [0.5, 0.6) is 0 Å². The topological polar surface area (TPSA) is 66.5 Å². The molecule has 0 bridgehead atoms. The van der Waals surface area contributed by atoms with Crippen LogP contribution in [0, 0.1) is 0 Å². The maximum absolute atomic E-state index is 12.4. The molecular formula is C18H19ClN2O3S. The molecule has 132 valence electrons. The molecule has 0 atom stereocenters. The predicted octanol–water partition coefficient (Wildman–Crippen LogP) is 3.58. The maximum Gasteiger partial charge on any atom is 0.236 e. The molecule has 2 aromatic carbocycles. The standard InChI is InChI=1S/C18H19ClN2O3S/c1-2-21-17-9-8-15(11-13(17)7-10-18(21)22)20-25(23,24)12-14-5-3-4-6-16(14)19/h3-6,8-9,11,20H,2,7,10,12H2,1H3. The fourth-order valence-corrected chi connectivity index (χ4v) is 4.51. The molecule has 1 heterocycles. The van der Waals surface area contributed by atoms with Crippen LogP contribution < -0.4 is 9.62 Å². The molecule has 0 fully saturated rings. The quantitative estimate of drug-likeness (QED) is 0.864. The van der Waals surface area contributed by atoms with Crippen molar-refractivity contribution in [2.45, 2.75) is 25.5 Å². The molecular weight excluding hydrogens is 360 g/mol. The molecule has 5 nitrogen and oxygen atoms in total. The van der Waals surface area contributed by atoms with Crippen molar-refractivity contribution < 1.29 is 13.2 Å². The number of nitrogens with zero attached hydrogens (tertiary/aromatic N) is 1. The van der Waals surface area contributed by atoms with E-state index in [9.17, 15) is 13.2 Å². The van der Waals surface area contributed by atoms with E-state index in [1.165, 1.54) is 0 Å². The summed E-state index contributed by atoms with van der Waals surface area (Å²) in [6.45, 7) is 2.52. The van der Waals surface area contributed by atoms with Crippen molar-refractivity contribution >= 4 is 38.9 Å². The van der Waals surface area contributed by atoms with Gasteiger partial charge in [-0.15, -0.1) is 0 Å². The first kappa shape index (κ1) is 17.8. The minimum atomic E-state index is -3.58. The van der Waals surface area contributed by atoms with Crippen LogP contribution in [0.4, 0.5) is 11.4 Å². The Kier molecular flexibility index (Phi) is 5.01. The lowest BCUT2D eigenvalue weighted by molar-refractivity contribution is -0.118. The molecule has 0 saturated heterocycles. The van der Waals surface area contributed by atoms with Crippen molar-refractivity contribution in [1.82, 2.24) is 0 Å². The minimum Gasteiger partial charge on any atom is -0.312 e. The zero-order valence-corrected chi connectivity index (χ0v) is 15.4. The highest BCUT2D eigenvalue weighted by molar-refractivity contribution is 7.91. The van der Waals surface area contributed by atoms with Crippen molar-refractivity contribution in [2.24, 2.45) is 0 Å². The lowest BCUT2D eigenvalue weighted by Gasteiger charge is -2.28. The molecule has 25 heavy (non-hydrogen) atoms. The summed E-state index contributed by atoms with van der Waals surface area (Å²) in [5.74, 6) is -0.0920. The summed E-state index contributed by atoms with van der Waals surface area (Å²) in [5, 5.41) is 0.426. The van der Waals surface area contributed by atoms with E-state index in [1.54, 1.807) is 47.4 Å². The summed E-state index contributed by atoms with van der Waals surface area (Å²) in [6, 6.07) is 12.2. The molecule has 1 amide bonds. The fraction of sp³-hybridized carbons (Fsp3) is 0.278. The number of nitrogens with one attached hydrogen (secondary N) is 1. The Morgan fingerprint density at radius 1 is 1.16 bits per heavy atom. The van der Waals surface area contributed by atoms with Gasteiger partial charge in [-0.2, -0.15) is 0 Å². The second-order valence-corrected chi connectivity index (χ2v) is 8.06. The monoisotopic (exact) mass is 378 g/mol. The molecule has 1 N–H and O–H groups in total. The molecule has 0 saturated carbocycles. The van der Waals surface area contributed by atoms with Crippen molar-refractivity contribution in [3.05, 3.63) is 58.6 Å². The molecule has 0 unspecified atom stereocenters. The van der Waals surface area contributed by atoms with E-state index in [-0.39, 0.29) is 11.7 Å². The number of carbonyl (C=O) groups excluding carboxylic acids is 1. The average molecular weight is 379 g/mol. The summed E-state index contributed by atoms with van der Waals surface area (Å²) in [6.07, 6.45) is 1.06. The number of anilines is 2. The first-order valence-electron chi connectivity index (χ1n) is 8.07. The normalized spacial score (nSPS) is 14.3. The predicted molar refractivity (Wildman–Crippen MR) is 100 cm³/mol. The summed E-state index contributed by atoms with van der Waals surface area (Å²) in [4.78, 5) is 13.7. The molecule has 7 heteroatoms. The van der Waals surface area contributed by atoms with E-state index >= 15 is 0 Å². The SMILES string of the molecule is CCN1C(=O)CCc2cc(NS(=O)(=O)Cc3ccccc3Cl)ccc21. The van der Waals surface area contributed by atoms with Gasteiger partial charge in [-0.05, 0) is 48.7 Å². The number of hydrogen-bond acceptors (Lipinski definition) is 3. The molecule has 1 aliphatic rings. The third-order valence-corrected chi connectivity index (χ3v) is 5.78. The second kappa shape index (κ2) is 7.06. The number of carbonyl (C=O) groups is 1. The zero-order chi connectivity index (χ0) is 18.0. The van der Waals surface area contributed by atoms with Crippen LogP contribution in [0.1, 0.15) is 24.5 Å². The molecule has 1 aliphatic heterocycles. The lowest BCUT2D eigenvalue weighted by Crippen LogP contribution is -2.34. The molecule has 0 radical (unpaired) electrons. The van der Waals surface area contributed by atoms with Crippen molar-refractivity contribution in [3.63, 3.8) is 0 Å². The molecule has 3 rings (SSSR count). The van der Waals surface area contributed by atoms with E-state index < -0.39 is 10.0 Å². The smallest absolute Gasteiger partial charge is 0.236 e. The Morgan fingerprint density at radius 2 is 1.92 bits per heavy atom. The van der Waals surface area contributed by atoms with Crippen molar-refractivity contribution in [2.75, 3.05) is 16.2 Å². The van der Waals surface area contributed by atoms with E-state index in [1.807, 2.05) is 6.92 Å². The van der Waals surface area contributed by atoms with E-state index in [2.05, 4.69) is 4.72 Å². The summed E-state index contributed by atoms with van der Waals surface area (Å²) >= 11 is 6.04. The van der Waals surface area contributed by atoms with Crippen LogP contribution in [0.25, 0.3) is 0 Å². The largest absolute Gasteiger partial charge is 0.312 e. The van der Waals surface area contributed by atoms with Gasteiger partial charge in [0.15, 0.2) is 0 Å². The van der Waals surface area contributed by atoms with Crippen LogP contribution >= 0.6 is 11.6 Å². The lowest BCUT2D eigenvalue weighted by atomic mass is 10.0.